The van der Waals surface area contributed by atoms with Gasteiger partial charge in [0.2, 0.25) is 23.6 Å². The normalized spacial score (nSPS) is 15.0. The lowest BCUT2D eigenvalue weighted by molar-refractivity contribution is -0.141. The van der Waals surface area contributed by atoms with Crippen LogP contribution in [0.3, 0.4) is 0 Å². The first-order chi connectivity index (χ1) is 13.4. The highest BCUT2D eigenvalue weighted by atomic mass is 32.1. The standard InChI is InChI=1S/C16H29N5O7S/c1-7(2)3-9(14(25)21-11(6-29)16(27)28)19-15(26)10(5-22)20-13(24)8(17)4-12(18)23/h7-11,22,29H,3-6,17H2,1-2H3,(H2,18,23)(H,19,26)(H,20,24)(H,21,25)(H,27,28). The van der Waals surface area contributed by atoms with Gasteiger partial charge < -0.3 is 37.6 Å². The molecule has 0 bridgehead atoms. The Morgan fingerprint density at radius 3 is 1.83 bits per heavy atom. The summed E-state index contributed by atoms with van der Waals surface area (Å²) in [5.41, 5.74) is 10.4. The van der Waals surface area contributed by atoms with Gasteiger partial charge in [-0.05, 0) is 12.3 Å². The molecule has 0 aromatic rings. The second-order valence-electron chi connectivity index (χ2n) is 6.79. The Kier molecular flexibility index (Phi) is 11.9. The van der Waals surface area contributed by atoms with Gasteiger partial charge in [-0.1, -0.05) is 13.8 Å². The molecular weight excluding hydrogens is 406 g/mol. The molecule has 9 N–H and O–H groups in total. The highest BCUT2D eigenvalue weighted by Crippen LogP contribution is 2.06. The molecule has 0 heterocycles. The first-order valence-electron chi connectivity index (χ1n) is 8.82. The quantitative estimate of drug-likeness (QED) is 0.137. The lowest BCUT2D eigenvalue weighted by Gasteiger charge is -2.25. The van der Waals surface area contributed by atoms with Gasteiger partial charge in [0, 0.05) is 5.75 Å². The maximum Gasteiger partial charge on any atom is 0.327 e. The van der Waals surface area contributed by atoms with E-state index in [1.807, 2.05) is 0 Å². The van der Waals surface area contributed by atoms with E-state index >= 15 is 0 Å². The molecule has 4 unspecified atom stereocenters. The van der Waals surface area contributed by atoms with Crippen molar-refractivity contribution in [1.82, 2.24) is 16.0 Å². The molecule has 0 aromatic carbocycles. The number of thiol groups is 1. The number of hydrogen-bond donors (Lipinski definition) is 8. The third kappa shape index (κ3) is 10.1. The van der Waals surface area contributed by atoms with E-state index in [1.54, 1.807) is 13.8 Å². The van der Waals surface area contributed by atoms with E-state index < -0.39 is 66.8 Å². The minimum atomic E-state index is -1.44. The van der Waals surface area contributed by atoms with Crippen molar-refractivity contribution in [3.8, 4) is 0 Å². The third-order valence-corrected chi connectivity index (χ3v) is 4.08. The monoisotopic (exact) mass is 435 g/mol. The summed E-state index contributed by atoms with van der Waals surface area (Å²) in [7, 11) is 0. The maximum absolute atomic E-state index is 12.4. The molecule has 0 rings (SSSR count). The zero-order valence-corrected chi connectivity index (χ0v) is 17.1. The highest BCUT2D eigenvalue weighted by Gasteiger charge is 2.30. The molecule has 0 aliphatic carbocycles. The summed E-state index contributed by atoms with van der Waals surface area (Å²) >= 11 is 3.86. The summed E-state index contributed by atoms with van der Waals surface area (Å²) < 4.78 is 0. The van der Waals surface area contributed by atoms with Crippen LogP contribution in [0.25, 0.3) is 0 Å². The van der Waals surface area contributed by atoms with Crippen LogP contribution in [-0.2, 0) is 24.0 Å². The van der Waals surface area contributed by atoms with Gasteiger partial charge >= 0.3 is 5.97 Å². The Hall–Kier alpha value is -2.38. The topological polar surface area (TPSA) is 214 Å². The van der Waals surface area contributed by atoms with E-state index in [9.17, 15) is 29.1 Å². The number of hydrogen-bond acceptors (Lipinski definition) is 8. The van der Waals surface area contributed by atoms with Crippen molar-refractivity contribution in [2.45, 2.75) is 50.9 Å². The Labute approximate surface area is 173 Å². The minimum absolute atomic E-state index is 0.0449. The number of carboxylic acids is 1. The first kappa shape index (κ1) is 26.6. The number of aliphatic hydroxyl groups excluding tert-OH is 1. The van der Waals surface area contributed by atoms with Crippen molar-refractivity contribution in [3.63, 3.8) is 0 Å². The minimum Gasteiger partial charge on any atom is -0.480 e. The molecule has 29 heavy (non-hydrogen) atoms. The van der Waals surface area contributed by atoms with Crippen LogP contribution in [0.4, 0.5) is 0 Å². The van der Waals surface area contributed by atoms with E-state index in [0.717, 1.165) is 0 Å². The van der Waals surface area contributed by atoms with Gasteiger partial charge in [-0.3, -0.25) is 19.2 Å². The molecule has 4 amide bonds. The van der Waals surface area contributed by atoms with Gasteiger partial charge in [-0.2, -0.15) is 12.6 Å². The molecule has 0 radical (unpaired) electrons. The number of carbonyl (C=O) groups excluding carboxylic acids is 4. The number of aliphatic carboxylic acids is 1. The van der Waals surface area contributed by atoms with E-state index in [4.69, 9.17) is 16.6 Å². The smallest absolute Gasteiger partial charge is 0.327 e. The molecule has 0 aromatic heterocycles. The second-order valence-corrected chi connectivity index (χ2v) is 7.16. The molecule has 0 spiro atoms. The summed E-state index contributed by atoms with van der Waals surface area (Å²) in [5.74, 6) is -4.82. The van der Waals surface area contributed by atoms with E-state index in [1.165, 1.54) is 0 Å². The molecule has 0 saturated carbocycles. The molecule has 12 nitrogen and oxygen atoms in total. The van der Waals surface area contributed by atoms with Gasteiger partial charge in [-0.25, -0.2) is 4.79 Å². The van der Waals surface area contributed by atoms with Crippen molar-refractivity contribution < 1.29 is 34.2 Å². The molecule has 0 aliphatic rings. The van der Waals surface area contributed by atoms with Gasteiger partial charge in [0.25, 0.3) is 0 Å². The molecule has 0 fully saturated rings. The Morgan fingerprint density at radius 2 is 1.41 bits per heavy atom. The lowest BCUT2D eigenvalue weighted by Crippen LogP contribution is -2.58. The number of carbonyl (C=O) groups is 5. The number of nitrogens with two attached hydrogens (primary N) is 2. The predicted octanol–water partition coefficient (Wildman–Crippen LogP) is -3.30. The number of carboxylic acid groups (broad SMARTS) is 1. The van der Waals surface area contributed by atoms with Crippen molar-refractivity contribution >= 4 is 42.2 Å². The van der Waals surface area contributed by atoms with Gasteiger partial charge in [0.15, 0.2) is 0 Å². The average Bonchev–Trinajstić information content (AvgIpc) is 2.61. The van der Waals surface area contributed by atoms with Crippen LogP contribution in [-0.4, -0.2) is 76.3 Å². The Bertz CT molecular complexity index is 616. The van der Waals surface area contributed by atoms with Crippen LogP contribution in [0, 0.1) is 5.92 Å². The van der Waals surface area contributed by atoms with Crippen LogP contribution in [0.2, 0.25) is 0 Å². The number of nitrogens with one attached hydrogen (secondary N) is 3. The van der Waals surface area contributed by atoms with Crippen molar-refractivity contribution in [2.75, 3.05) is 12.4 Å². The zero-order chi connectivity index (χ0) is 22.7. The fourth-order valence-electron chi connectivity index (χ4n) is 2.22. The van der Waals surface area contributed by atoms with Crippen LogP contribution in [0.15, 0.2) is 0 Å². The number of aliphatic hydroxyl groups is 1. The molecular formula is C16H29N5O7S. The Morgan fingerprint density at radius 1 is 0.931 bits per heavy atom. The van der Waals surface area contributed by atoms with Gasteiger partial charge in [0.1, 0.15) is 18.1 Å². The molecule has 4 atom stereocenters. The number of rotatable bonds is 13. The van der Waals surface area contributed by atoms with Crippen molar-refractivity contribution in [3.05, 3.63) is 0 Å². The lowest BCUT2D eigenvalue weighted by atomic mass is 10.0. The fourth-order valence-corrected chi connectivity index (χ4v) is 2.46. The third-order valence-electron chi connectivity index (χ3n) is 3.71. The predicted molar refractivity (Wildman–Crippen MR) is 106 cm³/mol. The summed E-state index contributed by atoms with van der Waals surface area (Å²) in [4.78, 5) is 58.6. The number of primary amides is 1. The van der Waals surface area contributed by atoms with Crippen LogP contribution >= 0.6 is 12.6 Å². The summed E-state index contributed by atoms with van der Waals surface area (Å²) in [5, 5.41) is 25.2. The SMILES string of the molecule is CC(C)CC(NC(=O)C(CO)NC(=O)C(N)CC(N)=O)C(=O)NC(CS)C(=O)O. The molecule has 166 valence electrons. The summed E-state index contributed by atoms with van der Waals surface area (Å²) in [6, 6.07) is -5.12. The van der Waals surface area contributed by atoms with Crippen molar-refractivity contribution in [1.29, 1.82) is 0 Å². The average molecular weight is 436 g/mol. The van der Waals surface area contributed by atoms with Crippen LogP contribution in [0.5, 0.6) is 0 Å². The Balaban J connectivity index is 5.17. The van der Waals surface area contributed by atoms with E-state index in [2.05, 4.69) is 28.6 Å². The molecule has 13 heteroatoms. The van der Waals surface area contributed by atoms with Crippen molar-refractivity contribution in [2.24, 2.45) is 17.4 Å². The molecule has 0 saturated heterocycles. The van der Waals surface area contributed by atoms with Crippen LogP contribution in [0.1, 0.15) is 26.7 Å². The van der Waals surface area contributed by atoms with Gasteiger partial charge in [-0.15, -0.1) is 0 Å². The zero-order valence-electron chi connectivity index (χ0n) is 16.3. The van der Waals surface area contributed by atoms with E-state index in [-0.39, 0.29) is 18.1 Å². The van der Waals surface area contributed by atoms with Crippen LogP contribution < -0.4 is 27.4 Å². The van der Waals surface area contributed by atoms with E-state index in [0.29, 0.717) is 0 Å². The number of amides is 4. The second kappa shape index (κ2) is 13.0. The highest BCUT2D eigenvalue weighted by molar-refractivity contribution is 7.80. The largest absolute Gasteiger partial charge is 0.480 e. The summed E-state index contributed by atoms with van der Waals surface area (Å²) in [6.07, 6.45) is -0.284. The first-order valence-corrected chi connectivity index (χ1v) is 9.45. The van der Waals surface area contributed by atoms with Gasteiger partial charge in [0.05, 0.1) is 19.1 Å². The maximum atomic E-state index is 12.4. The summed E-state index contributed by atoms with van der Waals surface area (Å²) in [6.45, 7) is 2.77. The fraction of sp³-hybridized carbons (Fsp3) is 0.688. The molecule has 0 aliphatic heterocycles.